The lowest BCUT2D eigenvalue weighted by Gasteiger charge is -2.13. The van der Waals surface area contributed by atoms with E-state index in [1.54, 1.807) is 0 Å². The van der Waals surface area contributed by atoms with Gasteiger partial charge in [0.05, 0.1) is 12.0 Å². The molecule has 2 aromatic rings. The van der Waals surface area contributed by atoms with Gasteiger partial charge in [-0.15, -0.1) is 0 Å². The normalized spacial score (nSPS) is 14.6. The largest absolute Gasteiger partial charge is 0.487 e. The maximum absolute atomic E-state index is 5.76. The van der Waals surface area contributed by atoms with Crippen molar-refractivity contribution >= 4 is 10.9 Å². The average molecular weight is 228 g/mol. The summed E-state index contributed by atoms with van der Waals surface area (Å²) >= 11 is 0. The Kier molecular flexibility index (Phi) is 2.71. The van der Waals surface area contributed by atoms with Crippen molar-refractivity contribution in [1.29, 1.82) is 0 Å². The van der Waals surface area contributed by atoms with Crippen LogP contribution in [0.15, 0.2) is 30.3 Å². The number of para-hydroxylation sites is 1. The van der Waals surface area contributed by atoms with Crippen LogP contribution in [-0.4, -0.2) is 6.61 Å². The van der Waals surface area contributed by atoms with Gasteiger partial charge in [0.25, 0.3) is 5.52 Å². The number of nitrogens with zero attached hydrogens (tertiary/aromatic N) is 1. The zero-order valence-corrected chi connectivity index (χ0v) is 10.3. The molecule has 88 valence electrons. The highest BCUT2D eigenvalue weighted by molar-refractivity contribution is 5.81. The fourth-order valence-corrected chi connectivity index (χ4v) is 2.70. The van der Waals surface area contributed by atoms with E-state index in [9.17, 15) is 0 Å². The van der Waals surface area contributed by atoms with E-state index < -0.39 is 0 Å². The molecule has 0 atom stereocenters. The molecule has 2 nitrogen and oxygen atoms in total. The van der Waals surface area contributed by atoms with Crippen LogP contribution in [0, 0.1) is 0 Å². The molecule has 0 saturated carbocycles. The molecule has 17 heavy (non-hydrogen) atoms. The topological polar surface area (TPSA) is 13.1 Å². The van der Waals surface area contributed by atoms with Crippen molar-refractivity contribution in [3.05, 3.63) is 36.0 Å². The number of rotatable bonds is 2. The Morgan fingerprint density at radius 3 is 3.00 bits per heavy atom. The van der Waals surface area contributed by atoms with Crippen LogP contribution in [0.1, 0.15) is 25.5 Å². The molecule has 0 fully saturated rings. The highest BCUT2D eigenvalue weighted by atomic mass is 16.5. The van der Waals surface area contributed by atoms with Crippen molar-refractivity contribution in [1.82, 2.24) is 0 Å². The fourth-order valence-electron chi connectivity index (χ4n) is 2.70. The Morgan fingerprint density at radius 2 is 2.12 bits per heavy atom. The summed E-state index contributed by atoms with van der Waals surface area (Å²) in [5.74, 6) is 1.02. The molecule has 0 unspecified atom stereocenters. The zero-order chi connectivity index (χ0) is 11.7. The number of benzene rings is 1. The van der Waals surface area contributed by atoms with Crippen LogP contribution in [0.2, 0.25) is 0 Å². The number of fused-ring (bicyclic) bond motifs is 3. The second-order valence-electron chi connectivity index (χ2n) is 4.56. The van der Waals surface area contributed by atoms with Gasteiger partial charge in [0, 0.05) is 18.9 Å². The number of hydrogen-bond donors (Lipinski definition) is 0. The Morgan fingerprint density at radius 1 is 1.18 bits per heavy atom. The zero-order valence-electron chi connectivity index (χ0n) is 10.3. The molecule has 0 spiro atoms. The molecule has 0 bridgehead atoms. The highest BCUT2D eigenvalue weighted by Crippen LogP contribution is 2.24. The molecule has 0 aliphatic carbocycles. The molecule has 1 aliphatic rings. The maximum atomic E-state index is 5.76. The first-order valence-electron chi connectivity index (χ1n) is 6.47. The summed E-state index contributed by atoms with van der Waals surface area (Å²) in [4.78, 5) is 0. The van der Waals surface area contributed by atoms with Crippen LogP contribution >= 0.6 is 0 Å². The standard InChI is InChI=1S/C15H18NO/c1-2-17-14-8-5-6-12-9-10-13-7-3-4-11-16(13)15(12)14/h5-6,8-10H,2-4,7,11H2,1H3/q+1. The van der Waals surface area contributed by atoms with Crippen LogP contribution in [0.5, 0.6) is 5.75 Å². The van der Waals surface area contributed by atoms with Gasteiger partial charge in [-0.3, -0.25) is 0 Å². The summed E-state index contributed by atoms with van der Waals surface area (Å²) in [6.07, 6.45) is 3.77. The first-order chi connectivity index (χ1) is 8.40. The van der Waals surface area contributed by atoms with Crippen molar-refractivity contribution in [3.63, 3.8) is 0 Å². The maximum Gasteiger partial charge on any atom is 0.255 e. The first kappa shape index (κ1) is 10.6. The molecular weight excluding hydrogens is 210 g/mol. The van der Waals surface area contributed by atoms with E-state index in [0.717, 1.165) is 18.9 Å². The van der Waals surface area contributed by atoms with Gasteiger partial charge in [-0.1, -0.05) is 6.07 Å². The molecule has 1 aliphatic heterocycles. The number of ether oxygens (including phenoxy) is 1. The van der Waals surface area contributed by atoms with E-state index in [4.69, 9.17) is 4.74 Å². The summed E-state index contributed by atoms with van der Waals surface area (Å²) in [5, 5.41) is 1.28. The van der Waals surface area contributed by atoms with Gasteiger partial charge in [-0.25, -0.2) is 0 Å². The first-order valence-corrected chi connectivity index (χ1v) is 6.47. The third kappa shape index (κ3) is 1.78. The third-order valence-electron chi connectivity index (χ3n) is 3.47. The minimum absolute atomic E-state index is 0.726. The Labute approximate surface area is 102 Å². The minimum atomic E-state index is 0.726. The second-order valence-corrected chi connectivity index (χ2v) is 4.56. The van der Waals surface area contributed by atoms with E-state index in [0.29, 0.717) is 0 Å². The molecule has 3 rings (SSSR count). The molecule has 0 N–H and O–H groups in total. The fraction of sp³-hybridized carbons (Fsp3) is 0.400. The van der Waals surface area contributed by atoms with Crippen LogP contribution in [0.3, 0.4) is 0 Å². The van der Waals surface area contributed by atoms with E-state index in [1.807, 2.05) is 6.92 Å². The van der Waals surface area contributed by atoms with Crippen molar-refractivity contribution in [2.45, 2.75) is 32.7 Å². The van der Waals surface area contributed by atoms with Gasteiger partial charge in [0.2, 0.25) is 0 Å². The van der Waals surface area contributed by atoms with E-state index in [1.165, 1.54) is 35.9 Å². The molecular formula is C15H18NO+. The number of aromatic nitrogens is 1. The molecule has 0 saturated heterocycles. The summed E-state index contributed by atoms with van der Waals surface area (Å²) in [7, 11) is 0. The van der Waals surface area contributed by atoms with E-state index in [2.05, 4.69) is 34.9 Å². The summed E-state index contributed by atoms with van der Waals surface area (Å²) < 4.78 is 8.20. The van der Waals surface area contributed by atoms with Crippen LogP contribution < -0.4 is 9.30 Å². The lowest BCUT2D eigenvalue weighted by molar-refractivity contribution is -0.684. The minimum Gasteiger partial charge on any atom is -0.487 e. The van der Waals surface area contributed by atoms with Crippen molar-refractivity contribution in [2.24, 2.45) is 0 Å². The SMILES string of the molecule is CCOc1cccc2ccc3[n+](c12)CCCC3. The quantitative estimate of drug-likeness (QED) is 0.720. The lowest BCUT2D eigenvalue weighted by atomic mass is 10.1. The summed E-state index contributed by atoms with van der Waals surface area (Å²) in [6, 6.07) is 10.8. The van der Waals surface area contributed by atoms with Gasteiger partial charge in [0.1, 0.15) is 6.54 Å². The monoisotopic (exact) mass is 228 g/mol. The molecule has 1 aromatic heterocycles. The van der Waals surface area contributed by atoms with Gasteiger partial charge in [-0.05, 0) is 31.5 Å². The molecule has 2 heterocycles. The summed E-state index contributed by atoms with van der Waals surface area (Å²) in [5.41, 5.74) is 2.71. The van der Waals surface area contributed by atoms with Gasteiger partial charge >= 0.3 is 0 Å². The Bertz CT molecular complexity index is 548. The van der Waals surface area contributed by atoms with Gasteiger partial charge in [-0.2, -0.15) is 4.57 Å². The summed E-state index contributed by atoms with van der Waals surface area (Å²) in [6.45, 7) is 3.89. The predicted molar refractivity (Wildman–Crippen MR) is 68.3 cm³/mol. The van der Waals surface area contributed by atoms with Crippen molar-refractivity contribution in [3.8, 4) is 5.75 Å². The Hall–Kier alpha value is -1.57. The molecule has 1 aromatic carbocycles. The van der Waals surface area contributed by atoms with E-state index in [-0.39, 0.29) is 0 Å². The van der Waals surface area contributed by atoms with Crippen molar-refractivity contribution < 1.29 is 9.30 Å². The predicted octanol–water partition coefficient (Wildman–Crippen LogP) is 2.86. The molecule has 0 radical (unpaired) electrons. The Balaban J connectivity index is 2.27. The number of pyridine rings is 1. The average Bonchev–Trinajstić information content (AvgIpc) is 2.39. The van der Waals surface area contributed by atoms with Crippen LogP contribution in [0.25, 0.3) is 10.9 Å². The lowest BCUT2D eigenvalue weighted by Crippen LogP contribution is -2.42. The smallest absolute Gasteiger partial charge is 0.255 e. The van der Waals surface area contributed by atoms with E-state index >= 15 is 0 Å². The highest BCUT2D eigenvalue weighted by Gasteiger charge is 2.22. The van der Waals surface area contributed by atoms with Crippen LogP contribution in [-0.2, 0) is 13.0 Å². The molecule has 2 heteroatoms. The van der Waals surface area contributed by atoms with Gasteiger partial charge in [0.15, 0.2) is 11.4 Å². The number of hydrogen-bond acceptors (Lipinski definition) is 1. The third-order valence-corrected chi connectivity index (χ3v) is 3.47. The van der Waals surface area contributed by atoms with Crippen LogP contribution in [0.4, 0.5) is 0 Å². The second kappa shape index (κ2) is 4.36. The molecule has 0 amide bonds. The van der Waals surface area contributed by atoms with Crippen molar-refractivity contribution in [2.75, 3.05) is 6.61 Å². The number of aryl methyl sites for hydroxylation is 2. The van der Waals surface area contributed by atoms with Gasteiger partial charge < -0.3 is 4.74 Å².